The van der Waals surface area contributed by atoms with E-state index in [-0.39, 0.29) is 5.69 Å². The number of fused-ring (bicyclic) bond motifs is 2. The summed E-state index contributed by atoms with van der Waals surface area (Å²) in [5, 5.41) is 14.2. The highest BCUT2D eigenvalue weighted by Gasteiger charge is 2.18. The Morgan fingerprint density at radius 3 is 2.70 bits per heavy atom. The van der Waals surface area contributed by atoms with Gasteiger partial charge in [0, 0.05) is 23.2 Å². The van der Waals surface area contributed by atoms with Gasteiger partial charge in [0.1, 0.15) is 42.9 Å². The van der Waals surface area contributed by atoms with Crippen molar-refractivity contribution < 1.29 is 33.1 Å². The number of anilines is 3. The average molecular weight is 566 g/mol. The highest BCUT2D eigenvalue weighted by atomic mass is 31.2. The van der Waals surface area contributed by atoms with Crippen LogP contribution in [0.2, 0.25) is 0 Å². The number of phosphoric ester groups is 1. The Bertz CT molecular complexity index is 1760. The predicted molar refractivity (Wildman–Crippen MR) is 143 cm³/mol. The quantitative estimate of drug-likeness (QED) is 0.180. The highest BCUT2D eigenvalue weighted by Crippen LogP contribution is 2.37. The molecule has 3 heterocycles. The second kappa shape index (κ2) is 11.2. The number of amides is 1. The fourth-order valence-electron chi connectivity index (χ4n) is 3.74. The second-order valence-electron chi connectivity index (χ2n) is 8.36. The van der Waals surface area contributed by atoms with E-state index in [0.29, 0.717) is 52.0 Å². The van der Waals surface area contributed by atoms with Crippen LogP contribution in [0.4, 0.5) is 17.2 Å². The summed E-state index contributed by atoms with van der Waals surface area (Å²) in [5.74, 6) is 0.954. The van der Waals surface area contributed by atoms with E-state index in [1.54, 1.807) is 48.2 Å². The van der Waals surface area contributed by atoms with E-state index < -0.39 is 20.3 Å². The maximum Gasteiger partial charge on any atom is 0.470 e. The van der Waals surface area contributed by atoms with E-state index in [4.69, 9.17) is 19.3 Å². The van der Waals surface area contributed by atoms with Crippen LogP contribution in [0.5, 0.6) is 17.4 Å². The summed E-state index contributed by atoms with van der Waals surface area (Å²) in [7, 11) is -4.81. The molecule has 40 heavy (non-hydrogen) atoms. The highest BCUT2D eigenvalue weighted by molar-refractivity contribution is 7.46. The maximum atomic E-state index is 12.3. The van der Waals surface area contributed by atoms with Gasteiger partial charge in [-0.1, -0.05) is 0 Å². The van der Waals surface area contributed by atoms with Gasteiger partial charge < -0.3 is 29.9 Å². The van der Waals surface area contributed by atoms with Crippen molar-refractivity contribution in [1.82, 2.24) is 29.5 Å². The lowest BCUT2D eigenvalue weighted by Crippen LogP contribution is -2.18. The molecule has 0 unspecified atom stereocenters. The van der Waals surface area contributed by atoms with Crippen molar-refractivity contribution in [3.8, 4) is 17.4 Å². The number of carbonyl (C=O) groups excluding carboxylic acids is 1. The Kier molecular flexibility index (Phi) is 7.53. The second-order valence-corrected chi connectivity index (χ2v) is 9.60. The van der Waals surface area contributed by atoms with Crippen LogP contribution in [-0.2, 0) is 13.9 Å². The Hall–Kier alpha value is -4.69. The molecule has 4 N–H and O–H groups in total. The molecule has 5 aromatic rings. The number of hydrogen-bond acceptors (Lipinski definition) is 11. The van der Waals surface area contributed by atoms with Crippen molar-refractivity contribution in [3.63, 3.8) is 0 Å². The van der Waals surface area contributed by atoms with Crippen molar-refractivity contribution in [2.24, 2.45) is 0 Å². The molecule has 15 nitrogen and oxygen atoms in total. The first-order chi connectivity index (χ1) is 19.2. The molecule has 16 heteroatoms. The first kappa shape index (κ1) is 26.9. The van der Waals surface area contributed by atoms with E-state index in [0.717, 1.165) is 5.56 Å². The average Bonchev–Trinajstić information content (AvgIpc) is 3.38. The number of hydrogen-bond donors (Lipinski definition) is 4. The van der Waals surface area contributed by atoms with Crippen molar-refractivity contribution in [1.29, 1.82) is 0 Å². The number of nitrogens with zero attached hydrogens (tertiary/aromatic N) is 6. The Morgan fingerprint density at radius 2 is 1.93 bits per heavy atom. The molecule has 0 atom stereocenters. The van der Waals surface area contributed by atoms with Crippen LogP contribution < -0.4 is 20.1 Å². The van der Waals surface area contributed by atoms with Crippen LogP contribution in [0.25, 0.3) is 16.6 Å². The molecule has 0 saturated carbocycles. The third-order valence-electron chi connectivity index (χ3n) is 5.49. The SMILES string of the molecule is CCOc1cc2ncnc(Nc3ccc(Oc4cc5nncn5cn4)c(C)c3)c2cc1NC(=O)COP(=O)(O)O. The van der Waals surface area contributed by atoms with Crippen LogP contribution in [-0.4, -0.2) is 58.5 Å². The molecule has 3 aromatic heterocycles. The van der Waals surface area contributed by atoms with Gasteiger partial charge in [-0.25, -0.2) is 19.5 Å². The number of benzene rings is 2. The lowest BCUT2D eigenvalue weighted by atomic mass is 10.1. The van der Waals surface area contributed by atoms with Crippen molar-refractivity contribution >= 4 is 47.5 Å². The Morgan fingerprint density at radius 1 is 1.07 bits per heavy atom. The topological polar surface area (TPSA) is 195 Å². The summed E-state index contributed by atoms with van der Waals surface area (Å²) in [5.41, 5.74) is 2.93. The summed E-state index contributed by atoms with van der Waals surface area (Å²) in [6.07, 6.45) is 4.50. The molecule has 0 spiro atoms. The molecule has 0 radical (unpaired) electrons. The first-order valence-electron chi connectivity index (χ1n) is 11.8. The number of aryl methyl sites for hydroxylation is 1. The van der Waals surface area contributed by atoms with Crippen LogP contribution >= 0.6 is 7.82 Å². The third kappa shape index (κ3) is 6.30. The minimum atomic E-state index is -4.81. The molecule has 0 bridgehead atoms. The van der Waals surface area contributed by atoms with Crippen LogP contribution in [0.15, 0.2) is 55.4 Å². The predicted octanol–water partition coefficient (Wildman–Crippen LogP) is 3.36. The third-order valence-corrected chi connectivity index (χ3v) is 5.95. The first-order valence-corrected chi connectivity index (χ1v) is 13.3. The van der Waals surface area contributed by atoms with Gasteiger partial charge in [-0.3, -0.25) is 13.7 Å². The number of phosphoric acid groups is 1. The molecule has 0 fully saturated rings. The monoisotopic (exact) mass is 566 g/mol. The van der Waals surface area contributed by atoms with E-state index in [1.165, 1.54) is 6.33 Å². The zero-order chi connectivity index (χ0) is 28.3. The van der Waals surface area contributed by atoms with Crippen LogP contribution in [0.3, 0.4) is 0 Å². The number of carbonyl (C=O) groups is 1. The summed E-state index contributed by atoms with van der Waals surface area (Å²) >= 11 is 0. The number of rotatable bonds is 10. The minimum Gasteiger partial charge on any atom is -0.492 e. The maximum absolute atomic E-state index is 12.3. The summed E-state index contributed by atoms with van der Waals surface area (Å²) < 4.78 is 28.5. The van der Waals surface area contributed by atoms with Crippen molar-refractivity contribution in [2.75, 3.05) is 23.8 Å². The van der Waals surface area contributed by atoms with E-state index in [2.05, 4.69) is 40.3 Å². The molecule has 0 saturated heterocycles. The van der Waals surface area contributed by atoms with Gasteiger partial charge in [0.15, 0.2) is 5.65 Å². The number of ether oxygens (including phenoxy) is 2. The van der Waals surface area contributed by atoms with Gasteiger partial charge in [0.2, 0.25) is 5.88 Å². The molecule has 0 aliphatic heterocycles. The lowest BCUT2D eigenvalue weighted by molar-refractivity contribution is -0.118. The molecule has 0 aliphatic carbocycles. The molecular formula is C24H23N8O7P. The summed E-state index contributed by atoms with van der Waals surface area (Å²) in [4.78, 5) is 42.9. The minimum absolute atomic E-state index is 0.253. The van der Waals surface area contributed by atoms with Gasteiger partial charge in [-0.05, 0) is 43.7 Å². The zero-order valence-corrected chi connectivity index (χ0v) is 22.1. The fraction of sp³-hybridized carbons (Fsp3) is 0.167. The molecule has 5 rings (SSSR count). The fourth-order valence-corrected chi connectivity index (χ4v) is 4.03. The molecule has 2 aromatic carbocycles. The smallest absolute Gasteiger partial charge is 0.470 e. The van der Waals surface area contributed by atoms with E-state index >= 15 is 0 Å². The van der Waals surface area contributed by atoms with Gasteiger partial charge in [-0.15, -0.1) is 10.2 Å². The summed E-state index contributed by atoms with van der Waals surface area (Å²) in [6.45, 7) is 3.12. The Balaban J connectivity index is 1.39. The molecule has 1 amide bonds. The van der Waals surface area contributed by atoms with Crippen molar-refractivity contribution in [2.45, 2.75) is 13.8 Å². The summed E-state index contributed by atoms with van der Waals surface area (Å²) in [6, 6.07) is 10.4. The van der Waals surface area contributed by atoms with E-state index in [9.17, 15) is 9.36 Å². The van der Waals surface area contributed by atoms with Gasteiger partial charge in [0.05, 0.1) is 17.8 Å². The van der Waals surface area contributed by atoms with E-state index in [1.807, 2.05) is 19.1 Å². The lowest BCUT2D eigenvalue weighted by Gasteiger charge is -2.15. The van der Waals surface area contributed by atoms with Gasteiger partial charge in [-0.2, -0.15) is 0 Å². The van der Waals surface area contributed by atoms with Crippen LogP contribution in [0.1, 0.15) is 12.5 Å². The number of aromatic nitrogens is 6. The molecule has 0 aliphatic rings. The largest absolute Gasteiger partial charge is 0.492 e. The zero-order valence-electron chi connectivity index (χ0n) is 21.2. The van der Waals surface area contributed by atoms with Crippen LogP contribution in [0, 0.1) is 6.92 Å². The Labute approximate surface area is 226 Å². The molecular weight excluding hydrogens is 543 g/mol. The molecule has 206 valence electrons. The standard InChI is InChI=1S/C24H23N8O7P/c1-3-37-20-8-17-16(7-18(20)30-22(33)10-38-40(34,35)36)24(26-11-25-17)29-15-4-5-19(14(2)6-15)39-23-9-21-31-28-13-32(21)12-27-23/h4-9,11-13H,3,10H2,1-2H3,(H,30,33)(H,25,26,29)(H2,34,35,36). The normalized spacial score (nSPS) is 11.5. The van der Waals surface area contributed by atoms with Gasteiger partial charge >= 0.3 is 7.82 Å². The number of nitrogens with one attached hydrogen (secondary N) is 2. The van der Waals surface area contributed by atoms with Gasteiger partial charge in [0.25, 0.3) is 5.91 Å². The van der Waals surface area contributed by atoms with Crippen molar-refractivity contribution in [3.05, 3.63) is 60.9 Å².